The second-order valence-electron chi connectivity index (χ2n) is 10.0. The van der Waals surface area contributed by atoms with Crippen molar-refractivity contribution in [1.29, 1.82) is 0 Å². The molecule has 8 nitrogen and oxygen atoms in total. The van der Waals surface area contributed by atoms with Gasteiger partial charge >= 0.3 is 67.2 Å². The van der Waals surface area contributed by atoms with Crippen molar-refractivity contribution < 1.29 is 143 Å². The van der Waals surface area contributed by atoms with E-state index in [-0.39, 0.29) is 6.92 Å². The highest BCUT2D eigenvalue weighted by Gasteiger charge is 2.79. The zero-order chi connectivity index (χ0) is 42.9. The van der Waals surface area contributed by atoms with Gasteiger partial charge in [-0.25, -0.2) is 23.0 Å². The first-order valence-electron chi connectivity index (χ1n) is 12.2. The fourth-order valence-corrected chi connectivity index (χ4v) is 2.46. The molecule has 0 saturated heterocycles. The van der Waals surface area contributed by atoms with E-state index in [0.717, 1.165) is 6.92 Å². The van der Waals surface area contributed by atoms with Gasteiger partial charge in [0.25, 0.3) is 12.7 Å². The Morgan fingerprint density at radius 2 is 0.811 bits per heavy atom. The molecule has 0 fully saturated rings. The van der Waals surface area contributed by atoms with Crippen LogP contribution in [-0.4, -0.2) is 99.7 Å². The third-order valence-corrected chi connectivity index (χ3v) is 5.11. The summed E-state index contributed by atoms with van der Waals surface area (Å²) in [6.45, 7) is -2.67. The largest absolute Gasteiger partial charge is 0.527 e. The molecule has 0 aliphatic rings. The third kappa shape index (κ3) is 13.2. The van der Waals surface area contributed by atoms with Crippen LogP contribution >= 0.6 is 0 Å². The van der Waals surface area contributed by atoms with Crippen LogP contribution in [0, 0.1) is 5.41 Å². The minimum atomic E-state index is -7.65. The van der Waals surface area contributed by atoms with E-state index in [1.54, 1.807) is 0 Å². The number of ether oxygens (including phenoxy) is 7. The molecule has 0 radical (unpaired) electrons. The van der Waals surface area contributed by atoms with Crippen LogP contribution in [0.1, 0.15) is 13.8 Å². The molecule has 0 amide bonds. The highest BCUT2D eigenvalue weighted by Crippen LogP contribution is 2.52. The van der Waals surface area contributed by atoms with E-state index in [1.165, 1.54) is 9.47 Å². The molecule has 0 aromatic carbocycles. The van der Waals surface area contributed by atoms with Gasteiger partial charge in [-0.2, -0.15) is 70.2 Å². The maximum absolute atomic E-state index is 14.1. The summed E-state index contributed by atoms with van der Waals surface area (Å²) in [7, 11) is 0. The SMILES string of the molecule is C=C(C)C(=O)OCC(C)(COC(F)(F)C(F)OC(F)(F)C(F)(F)C(F)(F)OC(F)(F)F)COC(F)(F)C(F)OC(F)(F)C(F)(F)C(F)(F)OC(F)(F)F. The number of alkyl halides is 24. The van der Waals surface area contributed by atoms with Gasteiger partial charge in [-0.1, -0.05) is 13.5 Å². The number of carbonyl (C=O) groups excluding carboxylic acids is 1. The van der Waals surface area contributed by atoms with Gasteiger partial charge in [0.15, 0.2) is 0 Å². The smallest absolute Gasteiger partial charge is 0.462 e. The van der Waals surface area contributed by atoms with Crippen molar-refractivity contribution in [2.75, 3.05) is 19.8 Å². The molecule has 2 unspecified atom stereocenters. The van der Waals surface area contributed by atoms with Crippen molar-refractivity contribution in [3.8, 4) is 0 Å². The molecule has 32 heteroatoms. The lowest BCUT2D eigenvalue weighted by atomic mass is 9.94. The van der Waals surface area contributed by atoms with Gasteiger partial charge in [-0.3, -0.25) is 9.47 Å². The van der Waals surface area contributed by atoms with E-state index < -0.39 is 111 Å². The first-order valence-corrected chi connectivity index (χ1v) is 12.2. The van der Waals surface area contributed by atoms with Crippen LogP contribution in [0.5, 0.6) is 0 Å². The van der Waals surface area contributed by atoms with E-state index in [1.807, 2.05) is 0 Å². The van der Waals surface area contributed by atoms with Crippen LogP contribution in [0.25, 0.3) is 0 Å². The molecule has 0 rings (SSSR count). The topological polar surface area (TPSA) is 81.7 Å². The van der Waals surface area contributed by atoms with Gasteiger partial charge in [0.2, 0.25) is 0 Å². The maximum atomic E-state index is 14.1. The summed E-state index contributed by atoms with van der Waals surface area (Å²) < 4.78 is 333. The Hall–Kier alpha value is -2.71. The molecule has 0 aromatic heterocycles. The van der Waals surface area contributed by atoms with Crippen molar-refractivity contribution in [3.05, 3.63) is 12.2 Å². The highest BCUT2D eigenvalue weighted by atomic mass is 19.4. The van der Waals surface area contributed by atoms with Gasteiger partial charge in [-0.05, 0) is 6.92 Å². The predicted octanol–water partition coefficient (Wildman–Crippen LogP) is 8.67. The summed E-state index contributed by atoms with van der Waals surface area (Å²) in [6, 6.07) is 0. The fourth-order valence-electron chi connectivity index (χ4n) is 2.46. The van der Waals surface area contributed by atoms with Gasteiger partial charge in [-0.15, -0.1) is 26.3 Å². The summed E-state index contributed by atoms with van der Waals surface area (Å²) in [5.41, 5.74) is -3.81. The van der Waals surface area contributed by atoms with Crippen molar-refractivity contribution in [2.24, 2.45) is 5.41 Å². The molecule has 53 heavy (non-hydrogen) atoms. The Morgan fingerprint density at radius 1 is 0.528 bits per heavy atom. The molecule has 0 aromatic rings. The fraction of sp³-hybridized carbons (Fsp3) is 0.857. The molecule has 316 valence electrons. The number of hydrogen-bond donors (Lipinski definition) is 0. The molecular weight excluding hydrogens is 836 g/mol. The first kappa shape index (κ1) is 50.3. The maximum Gasteiger partial charge on any atom is 0.527 e. The van der Waals surface area contributed by atoms with E-state index in [2.05, 4.69) is 30.3 Å². The van der Waals surface area contributed by atoms with Gasteiger partial charge in [0, 0.05) is 11.0 Å². The summed E-state index contributed by atoms with van der Waals surface area (Å²) in [6.07, 6.45) is -66.6. The van der Waals surface area contributed by atoms with Crippen LogP contribution in [0.2, 0.25) is 0 Å². The zero-order valence-electron chi connectivity index (χ0n) is 24.8. The van der Waals surface area contributed by atoms with Crippen molar-refractivity contribution >= 4 is 5.97 Å². The lowest BCUT2D eigenvalue weighted by Crippen LogP contribution is -2.60. The highest BCUT2D eigenvalue weighted by molar-refractivity contribution is 5.86. The average molecular weight is 852 g/mol. The standard InChI is InChI=1S/C21H16F24O8/c1-7(2)8(46)47-4-11(3,5-48-12(24,25)9(22)50-16(32,33)14(28,29)18(36,37)52-20(40,41)42)6-49-13(26,27)10(23)51-17(34,35)15(30,31)19(38,39)53-21(43,44)45/h9-10H,1,4-6H2,2-3H3. The van der Waals surface area contributed by atoms with Crippen LogP contribution < -0.4 is 0 Å². The number of esters is 1. The molecule has 0 heterocycles. The minimum Gasteiger partial charge on any atom is -0.462 e. The summed E-state index contributed by atoms with van der Waals surface area (Å²) in [5, 5.41) is 0. The number of carbonyl (C=O) groups is 1. The molecule has 0 aliphatic carbocycles. The number of halogens is 24. The zero-order valence-corrected chi connectivity index (χ0v) is 24.8. The monoisotopic (exact) mass is 852 g/mol. The number of hydrogen-bond acceptors (Lipinski definition) is 8. The molecule has 0 saturated carbocycles. The Kier molecular flexibility index (Phi) is 15.0. The first-order chi connectivity index (χ1) is 22.9. The van der Waals surface area contributed by atoms with Crippen LogP contribution in [0.3, 0.4) is 0 Å². The second kappa shape index (κ2) is 15.8. The van der Waals surface area contributed by atoms with Crippen LogP contribution in [0.4, 0.5) is 105 Å². The summed E-state index contributed by atoms with van der Waals surface area (Å²) in [5.74, 6) is -16.9. The average Bonchev–Trinajstić information content (AvgIpc) is 2.90. The summed E-state index contributed by atoms with van der Waals surface area (Å²) >= 11 is 0. The van der Waals surface area contributed by atoms with Gasteiger partial charge < -0.3 is 14.2 Å². The quantitative estimate of drug-likeness (QED) is 0.0646. The second-order valence-corrected chi connectivity index (χ2v) is 10.0. The van der Waals surface area contributed by atoms with E-state index >= 15 is 0 Å². The van der Waals surface area contributed by atoms with Crippen molar-refractivity contribution in [3.63, 3.8) is 0 Å². The minimum absolute atomic E-state index is 0.155. The van der Waals surface area contributed by atoms with E-state index in [4.69, 9.17) is 0 Å². The lowest BCUT2D eigenvalue weighted by Gasteiger charge is -2.35. The van der Waals surface area contributed by atoms with Gasteiger partial charge in [0.05, 0.1) is 13.2 Å². The van der Waals surface area contributed by atoms with Crippen molar-refractivity contribution in [2.45, 2.75) is 87.8 Å². The molecule has 0 aliphatic heterocycles. The Balaban J connectivity index is 6.21. The van der Waals surface area contributed by atoms with E-state index in [0.29, 0.717) is 0 Å². The van der Waals surface area contributed by atoms with Crippen LogP contribution in [-0.2, 0) is 38.0 Å². The molecule has 0 bridgehead atoms. The molecule has 2 atom stereocenters. The molecular formula is C21H16F24O8. The normalized spacial score (nSPS) is 17.3. The lowest BCUT2D eigenvalue weighted by molar-refractivity contribution is -0.520. The Labute approximate surface area is 275 Å². The van der Waals surface area contributed by atoms with Gasteiger partial charge in [0.1, 0.15) is 6.61 Å². The summed E-state index contributed by atoms with van der Waals surface area (Å²) in [4.78, 5) is 11.6. The molecule has 0 spiro atoms. The molecule has 0 N–H and O–H groups in total. The Morgan fingerprint density at radius 3 is 1.06 bits per heavy atom. The van der Waals surface area contributed by atoms with E-state index in [9.17, 15) is 110 Å². The Bertz CT molecular complexity index is 1170. The third-order valence-electron chi connectivity index (χ3n) is 5.11. The predicted molar refractivity (Wildman–Crippen MR) is 112 cm³/mol. The number of rotatable bonds is 21. The van der Waals surface area contributed by atoms with Crippen molar-refractivity contribution in [1.82, 2.24) is 0 Å². The van der Waals surface area contributed by atoms with Crippen LogP contribution in [0.15, 0.2) is 12.2 Å².